The van der Waals surface area contributed by atoms with Crippen LogP contribution >= 0.6 is 11.6 Å². The smallest absolute Gasteiger partial charge is 0.0592 e. The Morgan fingerprint density at radius 3 is 2.90 bits per heavy atom. The number of halogens is 1. The Kier molecular flexibility index (Phi) is 2.66. The van der Waals surface area contributed by atoms with Crippen LogP contribution in [0.5, 0.6) is 0 Å². The standard InChI is InChI=1S/C7H8ClNO/c8-7-3-6(1-2-10)4-9-5-7/h3-5,10H,1-2H2. The molecule has 54 valence electrons. The Morgan fingerprint density at radius 2 is 2.30 bits per heavy atom. The fourth-order valence-corrected chi connectivity index (χ4v) is 0.918. The van der Waals surface area contributed by atoms with Crippen molar-refractivity contribution in [3.8, 4) is 0 Å². The number of nitrogens with zero attached hydrogens (tertiary/aromatic N) is 1. The van der Waals surface area contributed by atoms with Crippen LogP contribution in [0.2, 0.25) is 5.02 Å². The van der Waals surface area contributed by atoms with Crippen LogP contribution in [0.15, 0.2) is 18.5 Å². The van der Waals surface area contributed by atoms with Gasteiger partial charge in [0.05, 0.1) is 5.02 Å². The van der Waals surface area contributed by atoms with Crippen molar-refractivity contribution in [3.63, 3.8) is 0 Å². The molecule has 0 fully saturated rings. The number of rotatable bonds is 2. The third-order valence-corrected chi connectivity index (χ3v) is 1.37. The predicted molar refractivity (Wildman–Crippen MR) is 40.0 cm³/mol. The lowest BCUT2D eigenvalue weighted by molar-refractivity contribution is 0.299. The second-order valence-electron chi connectivity index (χ2n) is 1.99. The van der Waals surface area contributed by atoms with Crippen LogP contribution in [0.4, 0.5) is 0 Å². The summed E-state index contributed by atoms with van der Waals surface area (Å²) in [6, 6.07) is 1.80. The van der Waals surface area contributed by atoms with E-state index in [9.17, 15) is 0 Å². The quantitative estimate of drug-likeness (QED) is 0.702. The minimum atomic E-state index is 0.141. The maximum Gasteiger partial charge on any atom is 0.0592 e. The average Bonchev–Trinajstić information content (AvgIpc) is 1.88. The van der Waals surface area contributed by atoms with E-state index in [4.69, 9.17) is 16.7 Å². The van der Waals surface area contributed by atoms with Gasteiger partial charge in [-0.25, -0.2) is 0 Å². The van der Waals surface area contributed by atoms with Gasteiger partial charge in [-0.1, -0.05) is 11.6 Å². The van der Waals surface area contributed by atoms with Crippen LogP contribution < -0.4 is 0 Å². The van der Waals surface area contributed by atoms with E-state index in [-0.39, 0.29) is 6.61 Å². The molecule has 1 N–H and O–H groups in total. The number of aliphatic hydroxyl groups is 1. The van der Waals surface area contributed by atoms with Crippen LogP contribution in [0, 0.1) is 0 Å². The first-order valence-corrected chi connectivity index (χ1v) is 3.41. The van der Waals surface area contributed by atoms with Crippen molar-refractivity contribution < 1.29 is 5.11 Å². The number of aromatic nitrogens is 1. The number of hydrogen-bond acceptors (Lipinski definition) is 2. The van der Waals surface area contributed by atoms with Crippen molar-refractivity contribution in [2.24, 2.45) is 0 Å². The van der Waals surface area contributed by atoms with Gasteiger partial charge in [0, 0.05) is 19.0 Å². The summed E-state index contributed by atoms with van der Waals surface area (Å²) in [6.07, 6.45) is 3.89. The molecule has 2 nitrogen and oxygen atoms in total. The first kappa shape index (κ1) is 7.51. The van der Waals surface area contributed by atoms with Gasteiger partial charge in [0.2, 0.25) is 0 Å². The van der Waals surface area contributed by atoms with E-state index in [1.807, 2.05) is 0 Å². The van der Waals surface area contributed by atoms with Gasteiger partial charge in [-0.3, -0.25) is 4.98 Å². The summed E-state index contributed by atoms with van der Waals surface area (Å²) in [4.78, 5) is 3.86. The molecule has 3 heteroatoms. The molecule has 0 atom stereocenters. The van der Waals surface area contributed by atoms with E-state index in [0.29, 0.717) is 11.4 Å². The zero-order valence-corrected chi connectivity index (χ0v) is 6.17. The summed E-state index contributed by atoms with van der Waals surface area (Å²) < 4.78 is 0. The molecule has 1 aromatic heterocycles. The summed E-state index contributed by atoms with van der Waals surface area (Å²) in [6.45, 7) is 0.141. The second kappa shape index (κ2) is 3.54. The third kappa shape index (κ3) is 1.97. The summed E-state index contributed by atoms with van der Waals surface area (Å²) in [7, 11) is 0. The normalized spacial score (nSPS) is 9.80. The molecule has 1 rings (SSSR count). The highest BCUT2D eigenvalue weighted by Gasteiger charge is 1.92. The van der Waals surface area contributed by atoms with Crippen molar-refractivity contribution in [2.75, 3.05) is 6.61 Å². The van der Waals surface area contributed by atoms with E-state index in [0.717, 1.165) is 5.56 Å². The molecule has 0 unspecified atom stereocenters. The topological polar surface area (TPSA) is 33.1 Å². The van der Waals surface area contributed by atoms with Crippen molar-refractivity contribution in [3.05, 3.63) is 29.0 Å². The molecule has 0 amide bonds. The van der Waals surface area contributed by atoms with E-state index >= 15 is 0 Å². The van der Waals surface area contributed by atoms with Gasteiger partial charge in [-0.05, 0) is 18.1 Å². The highest BCUT2D eigenvalue weighted by atomic mass is 35.5. The lowest BCUT2D eigenvalue weighted by Crippen LogP contribution is -1.90. The number of pyridine rings is 1. The van der Waals surface area contributed by atoms with Crippen molar-refractivity contribution in [2.45, 2.75) is 6.42 Å². The van der Waals surface area contributed by atoms with E-state index in [1.165, 1.54) is 0 Å². The number of hydrogen-bond donors (Lipinski definition) is 1. The van der Waals surface area contributed by atoms with Gasteiger partial charge in [-0.15, -0.1) is 0 Å². The lowest BCUT2D eigenvalue weighted by atomic mass is 10.2. The molecule has 0 radical (unpaired) electrons. The van der Waals surface area contributed by atoms with E-state index < -0.39 is 0 Å². The Hall–Kier alpha value is -0.600. The van der Waals surface area contributed by atoms with Crippen LogP contribution in [-0.4, -0.2) is 16.7 Å². The first-order chi connectivity index (χ1) is 4.83. The minimum absolute atomic E-state index is 0.141. The Morgan fingerprint density at radius 1 is 1.50 bits per heavy atom. The lowest BCUT2D eigenvalue weighted by Gasteiger charge is -1.95. The molecule has 10 heavy (non-hydrogen) atoms. The van der Waals surface area contributed by atoms with Crippen molar-refractivity contribution >= 4 is 11.6 Å². The second-order valence-corrected chi connectivity index (χ2v) is 2.42. The average molecular weight is 158 g/mol. The zero-order valence-electron chi connectivity index (χ0n) is 5.42. The van der Waals surface area contributed by atoms with Crippen LogP contribution in [0.1, 0.15) is 5.56 Å². The third-order valence-electron chi connectivity index (χ3n) is 1.16. The summed E-state index contributed by atoms with van der Waals surface area (Å²) >= 11 is 5.64. The highest BCUT2D eigenvalue weighted by Crippen LogP contribution is 2.08. The maximum atomic E-state index is 8.54. The fraction of sp³-hybridized carbons (Fsp3) is 0.286. The van der Waals surface area contributed by atoms with Gasteiger partial charge in [0.1, 0.15) is 0 Å². The van der Waals surface area contributed by atoms with Gasteiger partial charge >= 0.3 is 0 Å². The first-order valence-electron chi connectivity index (χ1n) is 3.03. The Labute approximate surface area is 64.5 Å². The molecular formula is C7H8ClNO. The SMILES string of the molecule is OCCc1cncc(Cl)c1. The van der Waals surface area contributed by atoms with Gasteiger partial charge in [0.15, 0.2) is 0 Å². The van der Waals surface area contributed by atoms with Gasteiger partial charge in [-0.2, -0.15) is 0 Å². The minimum Gasteiger partial charge on any atom is -0.396 e. The Balaban J connectivity index is 2.75. The van der Waals surface area contributed by atoms with Gasteiger partial charge < -0.3 is 5.11 Å². The van der Waals surface area contributed by atoms with Crippen LogP contribution in [0.3, 0.4) is 0 Å². The largest absolute Gasteiger partial charge is 0.396 e. The van der Waals surface area contributed by atoms with E-state index in [1.54, 1.807) is 18.5 Å². The maximum absolute atomic E-state index is 8.54. The Bertz CT molecular complexity index is 215. The van der Waals surface area contributed by atoms with E-state index in [2.05, 4.69) is 4.98 Å². The monoisotopic (exact) mass is 157 g/mol. The summed E-state index contributed by atoms with van der Waals surface area (Å²) in [5.74, 6) is 0. The molecule has 1 aromatic rings. The predicted octanol–water partition coefficient (Wildman–Crippen LogP) is 1.27. The summed E-state index contributed by atoms with van der Waals surface area (Å²) in [5, 5.41) is 9.16. The molecule has 0 bridgehead atoms. The molecule has 0 aliphatic carbocycles. The molecule has 0 saturated carbocycles. The molecule has 0 aliphatic rings. The summed E-state index contributed by atoms with van der Waals surface area (Å²) in [5.41, 5.74) is 0.968. The van der Waals surface area contributed by atoms with Crippen LogP contribution in [0.25, 0.3) is 0 Å². The molecular weight excluding hydrogens is 150 g/mol. The van der Waals surface area contributed by atoms with Crippen molar-refractivity contribution in [1.82, 2.24) is 4.98 Å². The van der Waals surface area contributed by atoms with Gasteiger partial charge in [0.25, 0.3) is 0 Å². The molecule has 0 aromatic carbocycles. The molecule has 0 aliphatic heterocycles. The highest BCUT2D eigenvalue weighted by molar-refractivity contribution is 6.30. The molecule has 1 heterocycles. The number of aliphatic hydroxyl groups excluding tert-OH is 1. The fourth-order valence-electron chi connectivity index (χ4n) is 0.722. The van der Waals surface area contributed by atoms with Crippen molar-refractivity contribution in [1.29, 1.82) is 0 Å². The molecule has 0 saturated heterocycles. The van der Waals surface area contributed by atoms with Crippen LogP contribution in [-0.2, 0) is 6.42 Å². The molecule has 0 spiro atoms. The zero-order chi connectivity index (χ0) is 7.40.